The smallest absolute Gasteiger partial charge is 0.342 e. The standard InChI is InChI=1S/C13H16N4O4/c1-7-5-11(16-21-7)15-12(18)9(3)20-13(19)10-6-14-17(4)8(10)2/h5-6,9H,1-4H3,(H,15,16,18)/t9-/m0/s1. The molecule has 1 atom stereocenters. The van der Waals surface area contributed by atoms with E-state index in [0.29, 0.717) is 17.0 Å². The predicted octanol–water partition coefficient (Wildman–Crippen LogP) is 1.21. The Morgan fingerprint density at radius 3 is 2.67 bits per heavy atom. The number of amides is 1. The van der Waals surface area contributed by atoms with Crippen molar-refractivity contribution in [2.24, 2.45) is 7.05 Å². The Morgan fingerprint density at radius 1 is 1.43 bits per heavy atom. The normalized spacial score (nSPS) is 12.0. The highest BCUT2D eigenvalue weighted by atomic mass is 16.5. The number of carbonyl (C=O) groups is 2. The highest BCUT2D eigenvalue weighted by Crippen LogP contribution is 2.11. The third-order valence-electron chi connectivity index (χ3n) is 2.99. The molecule has 0 aromatic carbocycles. The first kappa shape index (κ1) is 14.8. The minimum Gasteiger partial charge on any atom is -0.449 e. The number of rotatable bonds is 4. The van der Waals surface area contributed by atoms with Crippen molar-refractivity contribution in [2.75, 3.05) is 5.32 Å². The van der Waals surface area contributed by atoms with Gasteiger partial charge < -0.3 is 14.6 Å². The van der Waals surface area contributed by atoms with E-state index in [1.165, 1.54) is 13.1 Å². The Hall–Kier alpha value is -2.64. The Balaban J connectivity index is 1.97. The summed E-state index contributed by atoms with van der Waals surface area (Å²) in [5, 5.41) is 10.1. The number of nitrogens with zero attached hydrogens (tertiary/aromatic N) is 3. The van der Waals surface area contributed by atoms with Gasteiger partial charge in [0.15, 0.2) is 11.9 Å². The van der Waals surface area contributed by atoms with Crippen LogP contribution in [-0.2, 0) is 16.6 Å². The SMILES string of the molecule is Cc1cc(NC(=O)[C@H](C)OC(=O)c2cnn(C)c2C)no1. The van der Waals surface area contributed by atoms with Crippen LogP contribution in [-0.4, -0.2) is 32.9 Å². The average Bonchev–Trinajstić information content (AvgIpc) is 2.97. The van der Waals surface area contributed by atoms with Gasteiger partial charge in [-0.15, -0.1) is 0 Å². The topological polar surface area (TPSA) is 99.2 Å². The zero-order valence-corrected chi connectivity index (χ0v) is 12.2. The average molecular weight is 292 g/mol. The van der Waals surface area contributed by atoms with Gasteiger partial charge in [0.05, 0.1) is 6.20 Å². The van der Waals surface area contributed by atoms with Crippen LogP contribution in [0.15, 0.2) is 16.8 Å². The predicted molar refractivity (Wildman–Crippen MR) is 72.7 cm³/mol. The molecule has 0 aliphatic carbocycles. The van der Waals surface area contributed by atoms with Crippen molar-refractivity contribution in [1.82, 2.24) is 14.9 Å². The van der Waals surface area contributed by atoms with Gasteiger partial charge in [0.25, 0.3) is 5.91 Å². The second-order valence-electron chi connectivity index (χ2n) is 4.63. The zero-order valence-electron chi connectivity index (χ0n) is 12.2. The summed E-state index contributed by atoms with van der Waals surface area (Å²) in [5.41, 5.74) is 0.995. The van der Waals surface area contributed by atoms with Crippen molar-refractivity contribution >= 4 is 17.7 Å². The van der Waals surface area contributed by atoms with E-state index >= 15 is 0 Å². The van der Waals surface area contributed by atoms with E-state index in [1.54, 1.807) is 31.6 Å². The van der Waals surface area contributed by atoms with Crippen LogP contribution < -0.4 is 5.32 Å². The third kappa shape index (κ3) is 3.28. The van der Waals surface area contributed by atoms with Crippen molar-refractivity contribution in [2.45, 2.75) is 26.9 Å². The molecular weight excluding hydrogens is 276 g/mol. The number of hydrogen-bond donors (Lipinski definition) is 1. The molecule has 0 spiro atoms. The highest BCUT2D eigenvalue weighted by molar-refractivity contribution is 5.97. The van der Waals surface area contributed by atoms with Crippen LogP contribution in [0.1, 0.15) is 28.7 Å². The lowest BCUT2D eigenvalue weighted by atomic mass is 10.2. The van der Waals surface area contributed by atoms with Gasteiger partial charge in [0.2, 0.25) is 0 Å². The lowest BCUT2D eigenvalue weighted by Gasteiger charge is -2.11. The van der Waals surface area contributed by atoms with Crippen molar-refractivity contribution in [3.8, 4) is 0 Å². The number of esters is 1. The second-order valence-corrected chi connectivity index (χ2v) is 4.63. The molecule has 2 aromatic heterocycles. The molecule has 0 unspecified atom stereocenters. The minimum atomic E-state index is -0.964. The molecule has 0 saturated carbocycles. The minimum absolute atomic E-state index is 0.276. The van der Waals surface area contributed by atoms with Crippen LogP contribution in [0.2, 0.25) is 0 Å². The van der Waals surface area contributed by atoms with Crippen LogP contribution in [0.4, 0.5) is 5.82 Å². The van der Waals surface area contributed by atoms with Gasteiger partial charge in [0.1, 0.15) is 11.3 Å². The number of nitrogens with one attached hydrogen (secondary N) is 1. The lowest BCUT2D eigenvalue weighted by Crippen LogP contribution is -2.30. The molecule has 0 bridgehead atoms. The Bertz CT molecular complexity index is 674. The first-order valence-electron chi connectivity index (χ1n) is 6.32. The summed E-state index contributed by atoms with van der Waals surface area (Å²) >= 11 is 0. The van der Waals surface area contributed by atoms with E-state index < -0.39 is 18.0 Å². The molecule has 112 valence electrons. The molecule has 8 nitrogen and oxygen atoms in total. The summed E-state index contributed by atoms with van der Waals surface area (Å²) in [6, 6.07) is 1.57. The maximum Gasteiger partial charge on any atom is 0.342 e. The number of aryl methyl sites for hydroxylation is 2. The molecule has 0 fully saturated rings. The molecule has 2 rings (SSSR count). The second kappa shape index (κ2) is 5.78. The first-order valence-corrected chi connectivity index (χ1v) is 6.32. The largest absolute Gasteiger partial charge is 0.449 e. The maximum absolute atomic E-state index is 12.0. The van der Waals surface area contributed by atoms with Gasteiger partial charge in [-0.1, -0.05) is 5.16 Å². The van der Waals surface area contributed by atoms with Gasteiger partial charge >= 0.3 is 5.97 Å². The van der Waals surface area contributed by atoms with Crippen molar-refractivity contribution in [3.63, 3.8) is 0 Å². The van der Waals surface area contributed by atoms with Crippen molar-refractivity contribution in [3.05, 3.63) is 29.3 Å². The van der Waals surface area contributed by atoms with Crippen LogP contribution in [0.25, 0.3) is 0 Å². The summed E-state index contributed by atoms with van der Waals surface area (Å²) in [5.74, 6) is -0.239. The van der Waals surface area contributed by atoms with E-state index in [4.69, 9.17) is 9.26 Å². The van der Waals surface area contributed by atoms with Crippen LogP contribution in [0, 0.1) is 13.8 Å². The quantitative estimate of drug-likeness (QED) is 0.850. The molecule has 8 heteroatoms. The summed E-state index contributed by atoms with van der Waals surface area (Å²) in [6.07, 6.45) is 0.442. The molecule has 0 radical (unpaired) electrons. The summed E-state index contributed by atoms with van der Waals surface area (Å²) in [6.45, 7) is 4.93. The number of anilines is 1. The number of aromatic nitrogens is 3. The van der Waals surface area contributed by atoms with Crippen LogP contribution >= 0.6 is 0 Å². The molecule has 0 saturated heterocycles. The molecular formula is C13H16N4O4. The molecule has 1 N–H and O–H groups in total. The van der Waals surface area contributed by atoms with E-state index in [2.05, 4.69) is 15.6 Å². The fourth-order valence-electron chi connectivity index (χ4n) is 1.63. The molecule has 0 aliphatic rings. The molecule has 2 heterocycles. The van der Waals surface area contributed by atoms with Crippen molar-refractivity contribution < 1.29 is 18.8 Å². The van der Waals surface area contributed by atoms with E-state index in [-0.39, 0.29) is 5.82 Å². The molecule has 21 heavy (non-hydrogen) atoms. The summed E-state index contributed by atoms with van der Waals surface area (Å²) in [7, 11) is 1.72. The van der Waals surface area contributed by atoms with Gasteiger partial charge in [-0.2, -0.15) is 5.10 Å². The van der Waals surface area contributed by atoms with Gasteiger partial charge in [-0.3, -0.25) is 9.48 Å². The summed E-state index contributed by atoms with van der Waals surface area (Å²) in [4.78, 5) is 23.8. The Labute approximate surface area is 121 Å². The van der Waals surface area contributed by atoms with E-state index in [0.717, 1.165) is 0 Å². The fourth-order valence-corrected chi connectivity index (χ4v) is 1.63. The lowest BCUT2D eigenvalue weighted by molar-refractivity contribution is -0.123. The maximum atomic E-state index is 12.0. The van der Waals surface area contributed by atoms with Gasteiger partial charge in [0, 0.05) is 18.8 Å². The monoisotopic (exact) mass is 292 g/mol. The van der Waals surface area contributed by atoms with Gasteiger partial charge in [-0.25, -0.2) is 4.79 Å². The molecule has 0 aliphatic heterocycles. The zero-order chi connectivity index (χ0) is 15.6. The highest BCUT2D eigenvalue weighted by Gasteiger charge is 2.22. The molecule has 1 amide bonds. The third-order valence-corrected chi connectivity index (χ3v) is 2.99. The molecule has 2 aromatic rings. The van der Waals surface area contributed by atoms with Gasteiger partial charge in [-0.05, 0) is 20.8 Å². The number of ether oxygens (including phenoxy) is 1. The summed E-state index contributed by atoms with van der Waals surface area (Å²) < 4.78 is 11.5. The van der Waals surface area contributed by atoms with Crippen LogP contribution in [0.3, 0.4) is 0 Å². The fraction of sp³-hybridized carbons (Fsp3) is 0.385. The first-order chi connectivity index (χ1) is 9.88. The Kier molecular flexibility index (Phi) is 4.06. The number of carbonyl (C=O) groups excluding carboxylic acids is 2. The van der Waals surface area contributed by atoms with Crippen molar-refractivity contribution in [1.29, 1.82) is 0 Å². The van der Waals surface area contributed by atoms with E-state index in [9.17, 15) is 9.59 Å². The number of hydrogen-bond acceptors (Lipinski definition) is 6. The van der Waals surface area contributed by atoms with Crippen LogP contribution in [0.5, 0.6) is 0 Å². The Morgan fingerprint density at radius 2 is 2.14 bits per heavy atom. The van der Waals surface area contributed by atoms with E-state index in [1.807, 2.05) is 0 Å².